The summed E-state index contributed by atoms with van der Waals surface area (Å²) in [4.78, 5) is 2.55. The van der Waals surface area contributed by atoms with Crippen molar-refractivity contribution in [2.24, 2.45) is 0 Å². The molecule has 20 heavy (non-hydrogen) atoms. The van der Waals surface area contributed by atoms with Crippen molar-refractivity contribution in [3.8, 4) is 0 Å². The molecular formula is C16H25BrN2S. The van der Waals surface area contributed by atoms with Crippen LogP contribution in [0.25, 0.3) is 0 Å². The number of hydrogen-bond donors (Lipinski definition) is 1. The first-order valence-electron chi connectivity index (χ1n) is 7.40. The van der Waals surface area contributed by atoms with E-state index in [4.69, 9.17) is 0 Å². The van der Waals surface area contributed by atoms with Gasteiger partial charge in [0.25, 0.3) is 0 Å². The minimum absolute atomic E-state index is 0.405. The second-order valence-electron chi connectivity index (χ2n) is 5.90. The molecule has 0 unspecified atom stereocenters. The van der Waals surface area contributed by atoms with Gasteiger partial charge >= 0.3 is 0 Å². The van der Waals surface area contributed by atoms with E-state index < -0.39 is 0 Å². The minimum atomic E-state index is 0.405. The van der Waals surface area contributed by atoms with Gasteiger partial charge in [0.2, 0.25) is 0 Å². The first-order chi connectivity index (χ1) is 9.52. The fraction of sp³-hybridized carbons (Fsp3) is 0.625. The van der Waals surface area contributed by atoms with Crippen molar-refractivity contribution in [3.63, 3.8) is 0 Å². The van der Waals surface area contributed by atoms with E-state index in [0.29, 0.717) is 4.75 Å². The van der Waals surface area contributed by atoms with Gasteiger partial charge in [-0.25, -0.2) is 0 Å². The van der Waals surface area contributed by atoms with Gasteiger partial charge in [-0.15, -0.1) is 0 Å². The molecule has 1 aliphatic rings. The van der Waals surface area contributed by atoms with Crippen molar-refractivity contribution in [1.29, 1.82) is 0 Å². The van der Waals surface area contributed by atoms with Gasteiger partial charge in [-0.05, 0) is 30.7 Å². The molecule has 1 aliphatic heterocycles. The second kappa shape index (κ2) is 7.19. The Kier molecular flexibility index (Phi) is 5.82. The molecule has 0 saturated carbocycles. The highest BCUT2D eigenvalue weighted by Gasteiger charge is 2.24. The van der Waals surface area contributed by atoms with E-state index in [1.165, 1.54) is 27.9 Å². The van der Waals surface area contributed by atoms with E-state index in [2.05, 4.69) is 76.9 Å². The molecule has 2 nitrogen and oxygen atoms in total. The third-order valence-corrected chi connectivity index (χ3v) is 5.66. The maximum absolute atomic E-state index is 3.62. The van der Waals surface area contributed by atoms with E-state index in [-0.39, 0.29) is 0 Å². The number of nitrogens with zero attached hydrogens (tertiary/aromatic N) is 1. The first-order valence-corrected chi connectivity index (χ1v) is 9.18. The summed E-state index contributed by atoms with van der Waals surface area (Å²) in [5, 5.41) is 3.45. The summed E-state index contributed by atoms with van der Waals surface area (Å²) < 4.78 is 1.58. The molecule has 1 heterocycles. The van der Waals surface area contributed by atoms with Crippen LogP contribution in [0, 0.1) is 0 Å². The lowest BCUT2D eigenvalue weighted by molar-refractivity contribution is 0.635. The monoisotopic (exact) mass is 356 g/mol. The number of benzene rings is 1. The SMILES string of the molecule is CCNCc1ccc(Br)cc1N1CCSC(C)(C)CC1. The van der Waals surface area contributed by atoms with Gasteiger partial charge in [0, 0.05) is 40.3 Å². The zero-order valence-electron chi connectivity index (χ0n) is 12.7. The molecule has 0 aliphatic carbocycles. The molecule has 1 aromatic rings. The fourth-order valence-electron chi connectivity index (χ4n) is 2.50. The molecule has 0 aromatic heterocycles. The number of rotatable bonds is 4. The Morgan fingerprint density at radius 2 is 2.15 bits per heavy atom. The van der Waals surface area contributed by atoms with Crippen molar-refractivity contribution in [3.05, 3.63) is 28.2 Å². The van der Waals surface area contributed by atoms with Crippen LogP contribution in [0.5, 0.6) is 0 Å². The van der Waals surface area contributed by atoms with Gasteiger partial charge in [0.15, 0.2) is 0 Å². The number of thioether (sulfide) groups is 1. The Labute approximate surface area is 135 Å². The molecule has 0 atom stereocenters. The van der Waals surface area contributed by atoms with Crippen LogP contribution in [-0.4, -0.2) is 30.1 Å². The lowest BCUT2D eigenvalue weighted by atomic mass is 10.1. The Hall–Kier alpha value is -0.190. The van der Waals surface area contributed by atoms with Crippen molar-refractivity contribution in [2.45, 2.75) is 38.5 Å². The van der Waals surface area contributed by atoms with E-state index in [0.717, 1.165) is 26.2 Å². The van der Waals surface area contributed by atoms with Crippen molar-refractivity contribution in [1.82, 2.24) is 5.32 Å². The number of anilines is 1. The molecule has 1 fully saturated rings. The zero-order chi connectivity index (χ0) is 14.6. The summed E-state index contributed by atoms with van der Waals surface area (Å²) >= 11 is 5.72. The van der Waals surface area contributed by atoms with Gasteiger partial charge < -0.3 is 10.2 Å². The molecule has 2 rings (SSSR count). The highest BCUT2D eigenvalue weighted by Crippen LogP contribution is 2.34. The lowest BCUT2D eigenvalue weighted by Crippen LogP contribution is -2.28. The van der Waals surface area contributed by atoms with Crippen LogP contribution in [0.1, 0.15) is 32.8 Å². The van der Waals surface area contributed by atoms with Gasteiger partial charge in [0.1, 0.15) is 0 Å². The fourth-order valence-corrected chi connectivity index (χ4v) is 3.95. The summed E-state index contributed by atoms with van der Waals surface area (Å²) in [6, 6.07) is 6.66. The highest BCUT2D eigenvalue weighted by molar-refractivity contribution is 9.10. The largest absolute Gasteiger partial charge is 0.370 e. The standard InChI is InChI=1S/C16H25BrN2S/c1-4-18-12-13-5-6-14(17)11-15(13)19-8-7-16(2,3)20-10-9-19/h5-6,11,18H,4,7-10,12H2,1-3H3. The van der Waals surface area contributed by atoms with Gasteiger partial charge in [-0.2, -0.15) is 11.8 Å². The van der Waals surface area contributed by atoms with E-state index in [1.54, 1.807) is 0 Å². The van der Waals surface area contributed by atoms with Crippen molar-refractivity contribution < 1.29 is 0 Å². The lowest BCUT2D eigenvalue weighted by Gasteiger charge is -2.27. The zero-order valence-corrected chi connectivity index (χ0v) is 15.1. The van der Waals surface area contributed by atoms with Gasteiger partial charge in [0.05, 0.1) is 0 Å². The number of hydrogen-bond acceptors (Lipinski definition) is 3. The summed E-state index contributed by atoms with van der Waals surface area (Å²) in [5.74, 6) is 1.21. The summed E-state index contributed by atoms with van der Waals surface area (Å²) in [6.45, 7) is 11.1. The molecule has 0 amide bonds. The average molecular weight is 357 g/mol. The molecule has 0 spiro atoms. The maximum Gasteiger partial charge on any atom is 0.0423 e. The molecule has 1 aromatic carbocycles. The Morgan fingerprint density at radius 1 is 1.35 bits per heavy atom. The summed E-state index contributed by atoms with van der Waals surface area (Å²) in [7, 11) is 0. The Balaban J connectivity index is 2.19. The predicted molar refractivity (Wildman–Crippen MR) is 94.9 cm³/mol. The Morgan fingerprint density at radius 3 is 2.90 bits per heavy atom. The van der Waals surface area contributed by atoms with E-state index >= 15 is 0 Å². The first kappa shape index (κ1) is 16.2. The van der Waals surface area contributed by atoms with Crippen LogP contribution < -0.4 is 10.2 Å². The second-order valence-corrected chi connectivity index (χ2v) is 8.62. The third-order valence-electron chi connectivity index (χ3n) is 3.79. The van der Waals surface area contributed by atoms with Crippen LogP contribution in [-0.2, 0) is 6.54 Å². The molecule has 0 bridgehead atoms. The van der Waals surface area contributed by atoms with E-state index in [9.17, 15) is 0 Å². The van der Waals surface area contributed by atoms with Crippen LogP contribution in [0.15, 0.2) is 22.7 Å². The average Bonchev–Trinajstić information content (AvgIpc) is 2.58. The third kappa shape index (κ3) is 4.40. The smallest absolute Gasteiger partial charge is 0.0423 e. The Bertz CT molecular complexity index is 448. The molecule has 4 heteroatoms. The topological polar surface area (TPSA) is 15.3 Å². The van der Waals surface area contributed by atoms with Crippen LogP contribution in [0.2, 0.25) is 0 Å². The normalized spacial score (nSPS) is 18.9. The predicted octanol–water partition coefficient (Wildman–Crippen LogP) is 4.28. The maximum atomic E-state index is 3.62. The number of halogens is 1. The highest BCUT2D eigenvalue weighted by atomic mass is 79.9. The van der Waals surface area contributed by atoms with Gasteiger partial charge in [-0.1, -0.05) is 42.8 Å². The summed E-state index contributed by atoms with van der Waals surface area (Å²) in [5.41, 5.74) is 2.79. The quantitative estimate of drug-likeness (QED) is 0.866. The van der Waals surface area contributed by atoms with Crippen LogP contribution in [0.3, 0.4) is 0 Å². The van der Waals surface area contributed by atoms with Crippen LogP contribution >= 0.6 is 27.7 Å². The number of nitrogens with one attached hydrogen (secondary N) is 1. The molecule has 1 N–H and O–H groups in total. The molecular weight excluding hydrogens is 332 g/mol. The molecule has 1 saturated heterocycles. The molecule has 112 valence electrons. The van der Waals surface area contributed by atoms with E-state index in [1.807, 2.05) is 0 Å². The van der Waals surface area contributed by atoms with Crippen LogP contribution in [0.4, 0.5) is 5.69 Å². The van der Waals surface area contributed by atoms with Crippen molar-refractivity contribution in [2.75, 3.05) is 30.3 Å². The minimum Gasteiger partial charge on any atom is -0.370 e. The molecule has 0 radical (unpaired) electrons. The van der Waals surface area contributed by atoms with Gasteiger partial charge in [-0.3, -0.25) is 0 Å². The summed E-state index contributed by atoms with van der Waals surface area (Å²) in [6.07, 6.45) is 1.24. The van der Waals surface area contributed by atoms with Crippen molar-refractivity contribution >= 4 is 33.4 Å².